The van der Waals surface area contributed by atoms with Crippen LogP contribution in [0.25, 0.3) is 0 Å². The molecule has 0 bridgehead atoms. The van der Waals surface area contributed by atoms with Crippen LogP contribution in [0.15, 0.2) is 53.5 Å². The molecule has 0 atom stereocenters. The van der Waals surface area contributed by atoms with Crippen molar-refractivity contribution in [3.05, 3.63) is 64.7 Å². The zero-order valence-corrected chi connectivity index (χ0v) is 18.3. The highest BCUT2D eigenvalue weighted by atomic mass is 35.5. The van der Waals surface area contributed by atoms with Crippen LogP contribution < -0.4 is 15.4 Å². The zero-order valence-electron chi connectivity index (χ0n) is 16.7. The molecule has 0 spiro atoms. The lowest BCUT2D eigenvalue weighted by Crippen LogP contribution is -2.41. The smallest absolute Gasteiger partial charge is 0.229 e. The Kier molecular flexibility index (Phi) is 6.70. The minimum absolute atomic E-state index is 0.0941. The molecule has 0 saturated heterocycles. The molecule has 6 nitrogen and oxygen atoms in total. The molecule has 1 fully saturated rings. The first-order valence-electron chi connectivity index (χ1n) is 9.65. The average molecular weight is 435 g/mol. The Balaban J connectivity index is 1.70. The van der Waals surface area contributed by atoms with Crippen molar-refractivity contribution < 1.29 is 8.42 Å². The molecular weight excluding hydrogens is 408 g/mol. The number of benzene rings is 2. The maximum Gasteiger partial charge on any atom is 0.229 e. The maximum absolute atomic E-state index is 11.6. The lowest BCUT2D eigenvalue weighted by atomic mass is 9.96. The first kappa shape index (κ1) is 21.5. The van der Waals surface area contributed by atoms with Gasteiger partial charge in [0.1, 0.15) is 0 Å². The molecule has 0 unspecified atom stereocenters. The Bertz CT molecular complexity index is 988. The summed E-state index contributed by atoms with van der Waals surface area (Å²) in [4.78, 5) is 4.65. The van der Waals surface area contributed by atoms with Crippen LogP contribution in [0, 0.1) is 0 Å². The van der Waals surface area contributed by atoms with Crippen molar-refractivity contribution >= 4 is 33.3 Å². The van der Waals surface area contributed by atoms with Gasteiger partial charge in [0.05, 0.1) is 18.5 Å². The zero-order chi connectivity index (χ0) is 20.9. The highest BCUT2D eigenvalue weighted by Crippen LogP contribution is 2.48. The van der Waals surface area contributed by atoms with Gasteiger partial charge < -0.3 is 10.6 Å². The lowest BCUT2D eigenvalue weighted by molar-refractivity contribution is 0.606. The number of hydrogen-bond acceptors (Lipinski definition) is 3. The van der Waals surface area contributed by atoms with Crippen molar-refractivity contribution in [1.29, 1.82) is 0 Å². The molecule has 1 aliphatic rings. The average Bonchev–Trinajstić information content (AvgIpc) is 3.45. The Labute approximate surface area is 177 Å². The quantitative estimate of drug-likeness (QED) is 0.438. The number of hydrogen-bond donors (Lipinski definition) is 3. The second-order valence-electron chi connectivity index (χ2n) is 7.37. The van der Waals surface area contributed by atoms with Crippen LogP contribution in [0.4, 0.5) is 5.69 Å². The van der Waals surface area contributed by atoms with E-state index < -0.39 is 10.0 Å². The topological polar surface area (TPSA) is 82.6 Å². The van der Waals surface area contributed by atoms with Gasteiger partial charge in [-0.15, -0.1) is 0 Å². The second kappa shape index (κ2) is 9.05. The van der Waals surface area contributed by atoms with E-state index in [-0.39, 0.29) is 5.41 Å². The Morgan fingerprint density at radius 1 is 1.14 bits per heavy atom. The van der Waals surface area contributed by atoms with Crippen molar-refractivity contribution in [2.75, 3.05) is 24.1 Å². The summed E-state index contributed by atoms with van der Waals surface area (Å²) in [5, 5.41) is 7.45. The summed E-state index contributed by atoms with van der Waals surface area (Å²) in [7, 11) is -3.34. The molecule has 0 heterocycles. The van der Waals surface area contributed by atoms with Crippen molar-refractivity contribution in [3.8, 4) is 0 Å². The van der Waals surface area contributed by atoms with E-state index in [1.807, 2.05) is 37.3 Å². The SMILES string of the molecule is CCNC(=NCc1ccccc1NS(C)(=O)=O)NCC1(c2cccc(Cl)c2)CC1. The van der Waals surface area contributed by atoms with Gasteiger partial charge in [-0.2, -0.15) is 0 Å². The predicted molar refractivity (Wildman–Crippen MR) is 120 cm³/mol. The van der Waals surface area contributed by atoms with E-state index in [1.165, 1.54) is 5.56 Å². The minimum atomic E-state index is -3.34. The summed E-state index contributed by atoms with van der Waals surface area (Å²) in [5.41, 5.74) is 2.70. The summed E-state index contributed by atoms with van der Waals surface area (Å²) >= 11 is 6.16. The predicted octanol–water partition coefficient (Wildman–Crippen LogP) is 3.50. The van der Waals surface area contributed by atoms with Crippen molar-refractivity contribution in [2.45, 2.75) is 31.7 Å². The number of nitrogens with zero attached hydrogens (tertiary/aromatic N) is 1. The third-order valence-electron chi connectivity index (χ3n) is 4.95. The number of anilines is 1. The van der Waals surface area contributed by atoms with Gasteiger partial charge in [0.15, 0.2) is 5.96 Å². The second-order valence-corrected chi connectivity index (χ2v) is 9.56. The molecular formula is C21H27ClN4O2S. The van der Waals surface area contributed by atoms with Gasteiger partial charge in [0, 0.05) is 23.5 Å². The van der Waals surface area contributed by atoms with E-state index in [2.05, 4.69) is 26.4 Å². The van der Waals surface area contributed by atoms with E-state index in [0.29, 0.717) is 18.2 Å². The van der Waals surface area contributed by atoms with E-state index in [0.717, 1.165) is 42.8 Å². The first-order valence-corrected chi connectivity index (χ1v) is 11.9. The van der Waals surface area contributed by atoms with Gasteiger partial charge in [-0.1, -0.05) is 41.9 Å². The first-order chi connectivity index (χ1) is 13.8. The lowest BCUT2D eigenvalue weighted by Gasteiger charge is -2.19. The van der Waals surface area contributed by atoms with E-state index in [9.17, 15) is 8.42 Å². The molecule has 1 saturated carbocycles. The normalized spacial score (nSPS) is 15.6. The van der Waals surface area contributed by atoms with Crippen LogP contribution in [0.2, 0.25) is 5.02 Å². The fraction of sp³-hybridized carbons (Fsp3) is 0.381. The summed E-state index contributed by atoms with van der Waals surface area (Å²) in [6.45, 7) is 3.88. The molecule has 3 rings (SSSR count). The summed E-state index contributed by atoms with van der Waals surface area (Å²) < 4.78 is 25.7. The van der Waals surface area contributed by atoms with Gasteiger partial charge in [-0.05, 0) is 49.1 Å². The van der Waals surface area contributed by atoms with Gasteiger partial charge in [-0.3, -0.25) is 4.72 Å². The van der Waals surface area contributed by atoms with Crippen molar-refractivity contribution in [2.24, 2.45) is 4.99 Å². The van der Waals surface area contributed by atoms with Crippen molar-refractivity contribution in [3.63, 3.8) is 0 Å². The van der Waals surface area contributed by atoms with Crippen LogP contribution in [-0.4, -0.2) is 33.7 Å². The summed E-state index contributed by atoms with van der Waals surface area (Å²) in [6, 6.07) is 15.3. The van der Waals surface area contributed by atoms with Gasteiger partial charge in [0.25, 0.3) is 0 Å². The van der Waals surface area contributed by atoms with Gasteiger partial charge in [0.2, 0.25) is 10.0 Å². The minimum Gasteiger partial charge on any atom is -0.357 e. The molecule has 2 aromatic carbocycles. The molecule has 156 valence electrons. The fourth-order valence-electron chi connectivity index (χ4n) is 3.25. The molecule has 0 amide bonds. The standard InChI is InChI=1S/C21H27ClN4O2S/c1-3-23-20(24-14-16-7-4-5-10-19(16)26-29(2,27)28)25-15-21(11-12-21)17-8-6-9-18(22)13-17/h4-10,13,26H,3,11-12,14-15H2,1-2H3,(H2,23,24,25). The highest BCUT2D eigenvalue weighted by molar-refractivity contribution is 7.92. The monoisotopic (exact) mass is 434 g/mol. The summed E-state index contributed by atoms with van der Waals surface area (Å²) in [6.07, 6.45) is 3.37. The third kappa shape index (κ3) is 6.11. The third-order valence-corrected chi connectivity index (χ3v) is 5.78. The number of aliphatic imine (C=N–C) groups is 1. The van der Waals surface area contributed by atoms with Gasteiger partial charge in [-0.25, -0.2) is 13.4 Å². The number of rotatable bonds is 8. The van der Waals surface area contributed by atoms with E-state index in [4.69, 9.17) is 11.6 Å². The molecule has 0 aromatic heterocycles. The van der Waals surface area contributed by atoms with Gasteiger partial charge >= 0.3 is 0 Å². The Hall–Kier alpha value is -2.25. The Morgan fingerprint density at radius 2 is 1.90 bits per heavy atom. The molecule has 2 aromatic rings. The fourth-order valence-corrected chi connectivity index (χ4v) is 4.04. The molecule has 1 aliphatic carbocycles. The van der Waals surface area contributed by atoms with Crippen LogP contribution in [0.1, 0.15) is 30.9 Å². The number of guanidine groups is 1. The Morgan fingerprint density at radius 3 is 2.55 bits per heavy atom. The molecule has 29 heavy (non-hydrogen) atoms. The van der Waals surface area contributed by atoms with Crippen LogP contribution >= 0.6 is 11.6 Å². The van der Waals surface area contributed by atoms with Crippen LogP contribution in [0.5, 0.6) is 0 Å². The number of sulfonamides is 1. The van der Waals surface area contributed by atoms with E-state index in [1.54, 1.807) is 12.1 Å². The van der Waals surface area contributed by atoms with Crippen molar-refractivity contribution in [1.82, 2.24) is 10.6 Å². The van der Waals surface area contributed by atoms with Crippen LogP contribution in [0.3, 0.4) is 0 Å². The molecule has 0 radical (unpaired) electrons. The number of nitrogens with one attached hydrogen (secondary N) is 3. The molecule has 0 aliphatic heterocycles. The largest absolute Gasteiger partial charge is 0.357 e. The highest BCUT2D eigenvalue weighted by Gasteiger charge is 2.44. The molecule has 3 N–H and O–H groups in total. The maximum atomic E-state index is 11.6. The van der Waals surface area contributed by atoms with Crippen LogP contribution in [-0.2, 0) is 22.0 Å². The number of halogens is 1. The summed E-state index contributed by atoms with van der Waals surface area (Å²) in [5.74, 6) is 0.704. The van der Waals surface area contributed by atoms with E-state index >= 15 is 0 Å². The molecule has 8 heteroatoms. The number of para-hydroxylation sites is 1.